The van der Waals surface area contributed by atoms with Crippen molar-refractivity contribution in [2.45, 2.75) is 53.7 Å². The Morgan fingerprint density at radius 1 is 0.493 bits per heavy atom. The van der Waals surface area contributed by atoms with Gasteiger partial charge in [0.2, 0.25) is 0 Å². The maximum absolute atomic E-state index is 4.23. The fourth-order valence-electron chi connectivity index (χ4n) is 9.18. The van der Waals surface area contributed by atoms with Crippen molar-refractivity contribution in [3.63, 3.8) is 0 Å². The predicted molar refractivity (Wildman–Crippen MR) is 298 cm³/mol. The summed E-state index contributed by atoms with van der Waals surface area (Å²) in [6.45, 7) is 16.8. The van der Waals surface area contributed by atoms with Gasteiger partial charge >= 0.3 is 0 Å². The highest BCUT2D eigenvalue weighted by Crippen LogP contribution is 2.54. The third-order valence-electron chi connectivity index (χ3n) is 12.5. The van der Waals surface area contributed by atoms with E-state index in [-0.39, 0.29) is 0 Å². The van der Waals surface area contributed by atoms with Crippen molar-refractivity contribution < 1.29 is 0 Å². The summed E-state index contributed by atoms with van der Waals surface area (Å²) in [6.07, 6.45) is 13.3. The van der Waals surface area contributed by atoms with E-state index in [0.29, 0.717) is 0 Å². The van der Waals surface area contributed by atoms with Gasteiger partial charge < -0.3 is 19.6 Å². The zero-order chi connectivity index (χ0) is 47.4. The zero-order valence-electron chi connectivity index (χ0n) is 39.5. The van der Waals surface area contributed by atoms with Gasteiger partial charge in [-0.25, -0.2) is 0 Å². The van der Waals surface area contributed by atoms with Crippen LogP contribution in [0.5, 0.6) is 0 Å². The van der Waals surface area contributed by atoms with E-state index in [2.05, 4.69) is 261 Å². The largest absolute Gasteiger partial charge is 0.311 e. The summed E-state index contributed by atoms with van der Waals surface area (Å²) in [5, 5.41) is 0. The molecule has 0 spiro atoms. The maximum Gasteiger partial charge on any atom is 0.0603 e. The van der Waals surface area contributed by atoms with Crippen LogP contribution in [-0.2, 0) is 0 Å². The molecule has 8 aromatic carbocycles. The summed E-state index contributed by atoms with van der Waals surface area (Å²) in [7, 11) is 0. The molecule has 2 aliphatic rings. The maximum atomic E-state index is 4.23. The summed E-state index contributed by atoms with van der Waals surface area (Å²) < 4.78 is 0. The first-order valence-corrected chi connectivity index (χ1v) is 25.1. The van der Waals surface area contributed by atoms with Gasteiger partial charge in [-0.05, 0) is 166 Å². The van der Waals surface area contributed by atoms with Crippen molar-refractivity contribution in [2.24, 2.45) is 0 Å². The molecule has 0 saturated heterocycles. The highest BCUT2D eigenvalue weighted by atomic mass is 32.2. The average molecular weight is 931 g/mol. The summed E-state index contributed by atoms with van der Waals surface area (Å²) in [5.74, 6) is 0. The standard InChI is InChI=1S/C63H54N4S2/c1-7-15-48(10-4)64(54-38-40-58-62(42-54)68-60-20-13-11-18-56(60)66(58)52-30-22-44(5)23-31-52)50-34-26-46(27-35-50)47-28-36-51(37-29-47)65(49(16-8-2)17-9-3)55-39-41-59-63(43-55)69-61-21-14-12-19-57(61)67(59)53-32-24-45(6)25-33-53/h7-8,10-43H,1,4,9H2,2-3,5-6H3/b16-8-,48-15+,49-17+. The lowest BCUT2D eigenvalue weighted by Gasteiger charge is -2.34. The molecule has 0 fully saturated rings. The molecule has 0 saturated carbocycles. The fraction of sp³-hybridized carbons (Fsp3) is 0.0794. The minimum atomic E-state index is 0.908. The van der Waals surface area contributed by atoms with E-state index in [4.69, 9.17) is 0 Å². The molecule has 0 atom stereocenters. The molecule has 69 heavy (non-hydrogen) atoms. The molecule has 0 radical (unpaired) electrons. The van der Waals surface area contributed by atoms with Crippen LogP contribution >= 0.6 is 23.5 Å². The average Bonchev–Trinajstić information content (AvgIpc) is 3.38. The molecule has 6 heteroatoms. The second-order valence-electron chi connectivity index (χ2n) is 17.1. The van der Waals surface area contributed by atoms with E-state index in [9.17, 15) is 0 Å². The molecule has 0 N–H and O–H groups in total. The van der Waals surface area contributed by atoms with Crippen LogP contribution in [0.15, 0.2) is 263 Å². The van der Waals surface area contributed by atoms with Crippen molar-refractivity contribution >= 4 is 80.4 Å². The van der Waals surface area contributed by atoms with Crippen LogP contribution in [0.25, 0.3) is 11.1 Å². The summed E-state index contributed by atoms with van der Waals surface area (Å²) >= 11 is 3.64. The number of allylic oxidation sites excluding steroid dienone is 6. The van der Waals surface area contributed by atoms with Crippen LogP contribution in [0.1, 0.15) is 31.4 Å². The van der Waals surface area contributed by atoms with Gasteiger partial charge in [0.15, 0.2) is 0 Å². The monoisotopic (exact) mass is 930 g/mol. The van der Waals surface area contributed by atoms with E-state index in [1.807, 2.05) is 41.8 Å². The molecule has 0 aromatic heterocycles. The smallest absolute Gasteiger partial charge is 0.0603 e. The number of rotatable bonds is 13. The Morgan fingerprint density at radius 3 is 1.33 bits per heavy atom. The van der Waals surface area contributed by atoms with Gasteiger partial charge in [-0.15, -0.1) is 0 Å². The number of fused-ring (bicyclic) bond motifs is 4. The Morgan fingerprint density at radius 2 is 0.913 bits per heavy atom. The summed E-state index contributed by atoms with van der Waals surface area (Å²) in [5.41, 5.74) is 18.1. The molecule has 8 aromatic rings. The molecule has 0 aliphatic carbocycles. The van der Waals surface area contributed by atoms with E-state index >= 15 is 0 Å². The molecule has 0 bridgehead atoms. The SMILES string of the molecule is C=C/C=C(\C=C)N(c1ccc(-c2ccc(N(C(/C=C\C)=C/CC)c3ccc4c(c3)Sc3ccccc3N4c3ccc(C)cc3)cc2)cc1)c1ccc2c(c1)Sc1ccccc1N2c1ccc(C)cc1. The topological polar surface area (TPSA) is 13.0 Å². The normalized spacial score (nSPS) is 13.0. The Labute approximate surface area is 416 Å². The van der Waals surface area contributed by atoms with Gasteiger partial charge in [-0.3, -0.25) is 0 Å². The van der Waals surface area contributed by atoms with Gasteiger partial charge in [0, 0.05) is 65.1 Å². The number of benzene rings is 8. The lowest BCUT2D eigenvalue weighted by atomic mass is 10.0. The molecule has 0 amide bonds. The Kier molecular flexibility index (Phi) is 13.0. The van der Waals surface area contributed by atoms with Crippen LogP contribution in [-0.4, -0.2) is 0 Å². The van der Waals surface area contributed by atoms with Crippen LogP contribution in [0.2, 0.25) is 0 Å². The van der Waals surface area contributed by atoms with Crippen molar-refractivity contribution in [3.8, 4) is 11.1 Å². The second kappa shape index (κ2) is 19.9. The summed E-state index contributed by atoms with van der Waals surface area (Å²) in [6, 6.07) is 66.4. The number of aryl methyl sites for hydroxylation is 2. The molecule has 10 rings (SSSR count). The Balaban J connectivity index is 0.975. The van der Waals surface area contributed by atoms with Crippen LogP contribution in [0.4, 0.5) is 56.9 Å². The van der Waals surface area contributed by atoms with Crippen molar-refractivity contribution in [3.05, 3.63) is 254 Å². The minimum absolute atomic E-state index is 0.908. The lowest BCUT2D eigenvalue weighted by Crippen LogP contribution is -2.18. The third-order valence-corrected chi connectivity index (χ3v) is 14.7. The minimum Gasteiger partial charge on any atom is -0.311 e. The number of para-hydroxylation sites is 2. The van der Waals surface area contributed by atoms with Crippen LogP contribution in [0.3, 0.4) is 0 Å². The molecule has 4 nitrogen and oxygen atoms in total. The van der Waals surface area contributed by atoms with Gasteiger partial charge in [-0.2, -0.15) is 0 Å². The van der Waals surface area contributed by atoms with E-state index in [0.717, 1.165) is 68.8 Å². The quantitative estimate of drug-likeness (QED) is 0.106. The van der Waals surface area contributed by atoms with Crippen LogP contribution in [0, 0.1) is 13.8 Å². The molecule has 0 unspecified atom stereocenters. The molecule has 338 valence electrons. The zero-order valence-corrected chi connectivity index (χ0v) is 41.1. The molecule has 2 heterocycles. The van der Waals surface area contributed by atoms with Crippen molar-refractivity contribution in [1.29, 1.82) is 0 Å². The van der Waals surface area contributed by atoms with Gasteiger partial charge in [0.25, 0.3) is 0 Å². The number of hydrogen-bond donors (Lipinski definition) is 0. The van der Waals surface area contributed by atoms with Crippen LogP contribution < -0.4 is 19.6 Å². The number of anilines is 10. The van der Waals surface area contributed by atoms with E-state index in [1.54, 1.807) is 0 Å². The number of hydrogen-bond acceptors (Lipinski definition) is 6. The Hall–Kier alpha value is -7.64. The first-order valence-electron chi connectivity index (χ1n) is 23.5. The fourth-order valence-corrected chi connectivity index (χ4v) is 11.4. The first kappa shape index (κ1) is 45.2. The molecular formula is C63H54N4S2. The Bertz CT molecular complexity index is 3270. The van der Waals surface area contributed by atoms with E-state index < -0.39 is 0 Å². The highest BCUT2D eigenvalue weighted by molar-refractivity contribution is 8.00. The number of nitrogens with zero attached hydrogens (tertiary/aromatic N) is 4. The van der Waals surface area contributed by atoms with Crippen molar-refractivity contribution in [1.82, 2.24) is 0 Å². The summed E-state index contributed by atoms with van der Waals surface area (Å²) in [4.78, 5) is 14.2. The lowest BCUT2D eigenvalue weighted by molar-refractivity contribution is 1.12. The van der Waals surface area contributed by atoms with E-state index in [1.165, 1.54) is 47.8 Å². The van der Waals surface area contributed by atoms with Crippen molar-refractivity contribution in [2.75, 3.05) is 19.6 Å². The first-order chi connectivity index (χ1) is 33.8. The third kappa shape index (κ3) is 8.97. The highest BCUT2D eigenvalue weighted by Gasteiger charge is 2.28. The molecule has 2 aliphatic heterocycles. The predicted octanol–water partition coefficient (Wildman–Crippen LogP) is 19.2. The van der Waals surface area contributed by atoms with Gasteiger partial charge in [0.1, 0.15) is 0 Å². The second-order valence-corrected chi connectivity index (χ2v) is 19.3. The van der Waals surface area contributed by atoms with Gasteiger partial charge in [-0.1, -0.05) is 146 Å². The van der Waals surface area contributed by atoms with Gasteiger partial charge in [0.05, 0.1) is 22.7 Å². The molecular weight excluding hydrogens is 877 g/mol.